The highest BCUT2D eigenvalue weighted by molar-refractivity contribution is 5.95. The maximum absolute atomic E-state index is 12.9. The quantitative estimate of drug-likeness (QED) is 0.931. The van der Waals surface area contributed by atoms with Gasteiger partial charge in [0.25, 0.3) is 5.91 Å². The second-order valence-electron chi connectivity index (χ2n) is 4.96. The molecule has 1 heterocycles. The van der Waals surface area contributed by atoms with Gasteiger partial charge in [0.05, 0.1) is 11.3 Å². The molecular formula is C15H18FN3O. The first-order valence-electron chi connectivity index (χ1n) is 6.51. The van der Waals surface area contributed by atoms with Gasteiger partial charge in [-0.3, -0.25) is 9.48 Å². The lowest BCUT2D eigenvalue weighted by Crippen LogP contribution is -2.27. The van der Waals surface area contributed by atoms with Gasteiger partial charge in [0.2, 0.25) is 0 Å². The van der Waals surface area contributed by atoms with E-state index in [1.165, 1.54) is 12.1 Å². The first-order valence-corrected chi connectivity index (χ1v) is 6.51. The molecule has 1 unspecified atom stereocenters. The number of halogens is 1. The first-order chi connectivity index (χ1) is 9.47. The maximum atomic E-state index is 12.9. The predicted octanol–water partition coefficient (Wildman–Crippen LogP) is 2.40. The Bertz CT molecular complexity index is 604. The summed E-state index contributed by atoms with van der Waals surface area (Å²) in [6.45, 7) is 4.29. The number of carbonyl (C=O) groups is 1. The van der Waals surface area contributed by atoms with Gasteiger partial charge in [-0.1, -0.05) is 19.1 Å². The zero-order chi connectivity index (χ0) is 14.7. The average Bonchev–Trinajstić information content (AvgIpc) is 2.75. The molecule has 0 aliphatic heterocycles. The first kappa shape index (κ1) is 14.2. The second-order valence-corrected chi connectivity index (χ2v) is 4.96. The Hall–Kier alpha value is -2.17. The predicted molar refractivity (Wildman–Crippen MR) is 75.1 cm³/mol. The van der Waals surface area contributed by atoms with Crippen LogP contribution in [-0.4, -0.2) is 22.2 Å². The summed E-state index contributed by atoms with van der Waals surface area (Å²) >= 11 is 0. The minimum atomic E-state index is -0.254. The number of hydrogen-bond acceptors (Lipinski definition) is 2. The van der Waals surface area contributed by atoms with Crippen molar-refractivity contribution < 1.29 is 9.18 Å². The van der Waals surface area contributed by atoms with Crippen molar-refractivity contribution in [1.82, 2.24) is 15.1 Å². The summed E-state index contributed by atoms with van der Waals surface area (Å²) in [6, 6.07) is 6.33. The Morgan fingerprint density at radius 3 is 2.60 bits per heavy atom. The fourth-order valence-corrected chi connectivity index (χ4v) is 2.07. The van der Waals surface area contributed by atoms with E-state index in [2.05, 4.69) is 10.4 Å². The molecule has 0 fully saturated rings. The zero-order valence-corrected chi connectivity index (χ0v) is 11.9. The van der Waals surface area contributed by atoms with Crippen molar-refractivity contribution in [2.24, 2.45) is 7.05 Å². The highest BCUT2D eigenvalue weighted by Gasteiger charge is 2.13. The van der Waals surface area contributed by atoms with Crippen LogP contribution in [-0.2, 0) is 7.05 Å². The van der Waals surface area contributed by atoms with Crippen LogP contribution in [0, 0.1) is 12.7 Å². The van der Waals surface area contributed by atoms with E-state index in [0.29, 0.717) is 17.8 Å². The van der Waals surface area contributed by atoms with Gasteiger partial charge in [0.15, 0.2) is 0 Å². The van der Waals surface area contributed by atoms with E-state index in [4.69, 9.17) is 0 Å². The van der Waals surface area contributed by atoms with Crippen molar-refractivity contribution in [3.8, 4) is 0 Å². The molecule has 1 atom stereocenters. The van der Waals surface area contributed by atoms with E-state index in [1.807, 2.05) is 6.92 Å². The van der Waals surface area contributed by atoms with E-state index in [1.54, 1.807) is 37.0 Å². The fraction of sp³-hybridized carbons (Fsp3) is 0.333. The van der Waals surface area contributed by atoms with E-state index < -0.39 is 0 Å². The Balaban J connectivity index is 1.96. The van der Waals surface area contributed by atoms with Crippen LogP contribution in [0.5, 0.6) is 0 Å². The van der Waals surface area contributed by atoms with Gasteiger partial charge in [0, 0.05) is 19.8 Å². The summed E-state index contributed by atoms with van der Waals surface area (Å²) in [4.78, 5) is 12.0. The van der Waals surface area contributed by atoms with Crippen LogP contribution in [0.4, 0.5) is 4.39 Å². The number of nitrogens with one attached hydrogen (secondary N) is 1. The Morgan fingerprint density at radius 1 is 1.40 bits per heavy atom. The minimum Gasteiger partial charge on any atom is -0.351 e. The largest absolute Gasteiger partial charge is 0.351 e. The highest BCUT2D eigenvalue weighted by atomic mass is 19.1. The molecule has 0 aliphatic carbocycles. The molecule has 1 aromatic heterocycles. The lowest BCUT2D eigenvalue weighted by atomic mass is 10.0. The van der Waals surface area contributed by atoms with Gasteiger partial charge in [-0.05, 0) is 30.5 Å². The van der Waals surface area contributed by atoms with Crippen LogP contribution >= 0.6 is 0 Å². The summed E-state index contributed by atoms with van der Waals surface area (Å²) in [7, 11) is 1.78. The van der Waals surface area contributed by atoms with Crippen LogP contribution in [0.15, 0.2) is 30.5 Å². The molecule has 0 saturated heterocycles. The molecule has 2 aromatic rings. The van der Waals surface area contributed by atoms with Crippen LogP contribution in [0.25, 0.3) is 0 Å². The standard InChI is InChI=1S/C15H18FN3O/c1-10(12-4-6-13(16)7-5-12)8-17-15(20)14-9-19(3)18-11(14)2/h4-7,9-10H,8H2,1-3H3,(H,17,20). The molecule has 0 spiro atoms. The van der Waals surface area contributed by atoms with E-state index in [0.717, 1.165) is 5.56 Å². The smallest absolute Gasteiger partial charge is 0.254 e. The monoisotopic (exact) mass is 275 g/mol. The molecule has 20 heavy (non-hydrogen) atoms. The van der Waals surface area contributed by atoms with Gasteiger partial charge in [-0.25, -0.2) is 4.39 Å². The van der Waals surface area contributed by atoms with Crippen LogP contribution in [0.1, 0.15) is 34.5 Å². The third-order valence-electron chi connectivity index (χ3n) is 3.27. The molecule has 0 radical (unpaired) electrons. The Labute approximate surface area is 117 Å². The number of benzene rings is 1. The number of hydrogen-bond donors (Lipinski definition) is 1. The summed E-state index contributed by atoms with van der Waals surface area (Å²) in [5, 5.41) is 7.02. The molecule has 0 saturated carbocycles. The minimum absolute atomic E-state index is 0.122. The van der Waals surface area contributed by atoms with Crippen molar-refractivity contribution >= 4 is 5.91 Å². The lowest BCUT2D eigenvalue weighted by molar-refractivity contribution is 0.0951. The number of aryl methyl sites for hydroxylation is 2. The van der Waals surface area contributed by atoms with Crippen molar-refractivity contribution in [2.45, 2.75) is 19.8 Å². The molecule has 4 nitrogen and oxygen atoms in total. The van der Waals surface area contributed by atoms with Gasteiger partial charge in [-0.15, -0.1) is 0 Å². The molecular weight excluding hydrogens is 257 g/mol. The third-order valence-corrected chi connectivity index (χ3v) is 3.27. The molecule has 0 aliphatic rings. The number of aromatic nitrogens is 2. The van der Waals surface area contributed by atoms with Gasteiger partial charge in [-0.2, -0.15) is 5.10 Å². The van der Waals surface area contributed by atoms with Gasteiger partial charge in [0.1, 0.15) is 5.82 Å². The van der Waals surface area contributed by atoms with E-state index in [9.17, 15) is 9.18 Å². The van der Waals surface area contributed by atoms with E-state index in [-0.39, 0.29) is 17.6 Å². The normalized spacial score (nSPS) is 12.2. The summed E-state index contributed by atoms with van der Waals surface area (Å²) in [5.74, 6) is -0.267. The Morgan fingerprint density at radius 2 is 2.05 bits per heavy atom. The van der Waals surface area contributed by atoms with Gasteiger partial charge < -0.3 is 5.32 Å². The third kappa shape index (κ3) is 3.23. The molecule has 5 heteroatoms. The van der Waals surface area contributed by atoms with Crippen LogP contribution in [0.3, 0.4) is 0 Å². The highest BCUT2D eigenvalue weighted by Crippen LogP contribution is 2.15. The lowest BCUT2D eigenvalue weighted by Gasteiger charge is -2.12. The number of nitrogens with zero attached hydrogens (tertiary/aromatic N) is 2. The topological polar surface area (TPSA) is 46.9 Å². The van der Waals surface area contributed by atoms with Crippen molar-refractivity contribution in [2.75, 3.05) is 6.54 Å². The average molecular weight is 275 g/mol. The summed E-state index contributed by atoms with van der Waals surface area (Å²) in [5.41, 5.74) is 2.29. The molecule has 1 amide bonds. The molecule has 2 rings (SSSR count). The van der Waals surface area contributed by atoms with Gasteiger partial charge >= 0.3 is 0 Å². The number of rotatable bonds is 4. The van der Waals surface area contributed by atoms with Crippen molar-refractivity contribution in [1.29, 1.82) is 0 Å². The molecule has 1 N–H and O–H groups in total. The fourth-order valence-electron chi connectivity index (χ4n) is 2.07. The number of carbonyl (C=O) groups excluding carboxylic acids is 1. The zero-order valence-electron chi connectivity index (χ0n) is 11.9. The van der Waals surface area contributed by atoms with E-state index >= 15 is 0 Å². The summed E-state index contributed by atoms with van der Waals surface area (Å²) in [6.07, 6.45) is 1.70. The molecule has 106 valence electrons. The van der Waals surface area contributed by atoms with Crippen molar-refractivity contribution in [3.63, 3.8) is 0 Å². The Kier molecular flexibility index (Phi) is 4.17. The maximum Gasteiger partial charge on any atom is 0.254 e. The van der Waals surface area contributed by atoms with Crippen LogP contribution < -0.4 is 5.32 Å². The second kappa shape index (κ2) is 5.86. The summed E-state index contributed by atoms with van der Waals surface area (Å²) < 4.78 is 14.5. The molecule has 1 aromatic carbocycles. The molecule has 0 bridgehead atoms. The SMILES string of the molecule is Cc1nn(C)cc1C(=O)NCC(C)c1ccc(F)cc1. The number of amides is 1. The van der Waals surface area contributed by atoms with Crippen molar-refractivity contribution in [3.05, 3.63) is 53.1 Å². The van der Waals surface area contributed by atoms with Crippen LogP contribution in [0.2, 0.25) is 0 Å².